The molecule has 1 aromatic rings. The number of ether oxygens (including phenoxy) is 1. The van der Waals surface area contributed by atoms with E-state index in [1.165, 1.54) is 103 Å². The first-order valence-electron chi connectivity index (χ1n) is 16.1. The van der Waals surface area contributed by atoms with E-state index in [0.717, 1.165) is 37.4 Å². The molecule has 1 aliphatic rings. The molecule has 0 saturated carbocycles. The third-order valence-electron chi connectivity index (χ3n) is 7.94. The number of para-hydroxylation sites is 1. The molecule has 0 aliphatic carbocycles. The van der Waals surface area contributed by atoms with E-state index in [-0.39, 0.29) is 0 Å². The van der Waals surface area contributed by atoms with E-state index in [2.05, 4.69) is 32.9 Å². The number of carbonyl (C=O) groups is 1. The topological polar surface area (TPSA) is 32.8 Å². The minimum atomic E-state index is 0.301. The number of rotatable bonds is 24. The molecule has 1 saturated heterocycles. The second kappa shape index (κ2) is 20.6. The predicted octanol–water partition coefficient (Wildman–Crippen LogP) is 10.3. The van der Waals surface area contributed by atoms with Crippen molar-refractivity contribution in [2.45, 2.75) is 161 Å². The average Bonchev–Trinajstić information content (AvgIpc) is 3.65. The van der Waals surface area contributed by atoms with Crippen molar-refractivity contribution in [2.24, 2.45) is 5.92 Å². The van der Waals surface area contributed by atoms with Crippen LogP contribution >= 0.6 is 0 Å². The molecule has 1 aromatic carbocycles. The van der Waals surface area contributed by atoms with Crippen LogP contribution in [0.15, 0.2) is 30.3 Å². The molecule has 212 valence electrons. The number of nitrogens with zero attached hydrogens (tertiary/aromatic N) is 1. The van der Waals surface area contributed by atoms with Crippen LogP contribution in [0.5, 0.6) is 0 Å². The van der Waals surface area contributed by atoms with Crippen LogP contribution in [0.25, 0.3) is 0 Å². The lowest BCUT2D eigenvalue weighted by molar-refractivity contribution is -0.118. The SMILES string of the molecule is CCCCCCCCC1OC1CCCCCCCC(=O)N(CCCCCCCC(C)C)c1ccccc1. The zero-order chi connectivity index (χ0) is 26.6. The molecule has 3 nitrogen and oxygen atoms in total. The van der Waals surface area contributed by atoms with Crippen LogP contribution < -0.4 is 4.90 Å². The van der Waals surface area contributed by atoms with Gasteiger partial charge in [-0.2, -0.15) is 0 Å². The zero-order valence-electron chi connectivity index (χ0n) is 24.7. The Balaban J connectivity index is 1.51. The number of epoxide rings is 1. The highest BCUT2D eigenvalue weighted by Crippen LogP contribution is 2.32. The van der Waals surface area contributed by atoms with Crippen molar-refractivity contribution in [3.05, 3.63) is 30.3 Å². The molecule has 0 bridgehead atoms. The van der Waals surface area contributed by atoms with Gasteiger partial charge in [0.1, 0.15) is 0 Å². The third kappa shape index (κ3) is 15.6. The highest BCUT2D eigenvalue weighted by atomic mass is 16.6. The van der Waals surface area contributed by atoms with Crippen molar-refractivity contribution in [2.75, 3.05) is 11.4 Å². The third-order valence-corrected chi connectivity index (χ3v) is 7.94. The summed E-state index contributed by atoms with van der Waals surface area (Å²) in [6, 6.07) is 10.3. The Morgan fingerprint density at radius 1 is 0.730 bits per heavy atom. The Hall–Kier alpha value is -1.35. The van der Waals surface area contributed by atoms with Crippen molar-refractivity contribution in [1.82, 2.24) is 0 Å². The highest BCUT2D eigenvalue weighted by molar-refractivity contribution is 5.93. The molecule has 1 aliphatic heterocycles. The normalized spacial score (nSPS) is 16.9. The summed E-state index contributed by atoms with van der Waals surface area (Å²) in [6.07, 6.45) is 26.1. The van der Waals surface area contributed by atoms with E-state index >= 15 is 0 Å². The van der Waals surface area contributed by atoms with E-state index in [0.29, 0.717) is 24.5 Å². The quantitative estimate of drug-likeness (QED) is 0.102. The largest absolute Gasteiger partial charge is 0.370 e. The van der Waals surface area contributed by atoms with Gasteiger partial charge in [-0.05, 0) is 43.7 Å². The lowest BCUT2D eigenvalue weighted by atomic mass is 10.0. The summed E-state index contributed by atoms with van der Waals surface area (Å²) >= 11 is 0. The molecule has 0 spiro atoms. The lowest BCUT2D eigenvalue weighted by Gasteiger charge is -2.23. The van der Waals surface area contributed by atoms with Crippen molar-refractivity contribution < 1.29 is 9.53 Å². The highest BCUT2D eigenvalue weighted by Gasteiger charge is 2.36. The number of anilines is 1. The minimum absolute atomic E-state index is 0.301. The number of hydrogen-bond donors (Lipinski definition) is 0. The zero-order valence-corrected chi connectivity index (χ0v) is 24.7. The summed E-state index contributed by atoms with van der Waals surface area (Å²) in [4.78, 5) is 15.1. The molecule has 1 amide bonds. The first kappa shape index (κ1) is 31.9. The maximum atomic E-state index is 13.1. The van der Waals surface area contributed by atoms with E-state index in [1.54, 1.807) is 0 Å². The van der Waals surface area contributed by atoms with Gasteiger partial charge in [0.15, 0.2) is 0 Å². The lowest BCUT2D eigenvalue weighted by Crippen LogP contribution is -2.31. The van der Waals surface area contributed by atoms with Gasteiger partial charge in [-0.3, -0.25) is 4.79 Å². The molecule has 0 N–H and O–H groups in total. The maximum absolute atomic E-state index is 13.1. The van der Waals surface area contributed by atoms with Crippen LogP contribution in [0, 0.1) is 5.92 Å². The second-order valence-electron chi connectivity index (χ2n) is 11.9. The maximum Gasteiger partial charge on any atom is 0.226 e. The van der Waals surface area contributed by atoms with Crippen molar-refractivity contribution >= 4 is 11.6 Å². The fourth-order valence-electron chi connectivity index (χ4n) is 5.46. The number of amides is 1. The van der Waals surface area contributed by atoms with Crippen LogP contribution in [0.3, 0.4) is 0 Å². The first-order chi connectivity index (χ1) is 18.1. The van der Waals surface area contributed by atoms with Gasteiger partial charge in [-0.15, -0.1) is 0 Å². The Morgan fingerprint density at radius 2 is 1.27 bits per heavy atom. The Labute approximate surface area is 230 Å². The predicted molar refractivity (Wildman–Crippen MR) is 160 cm³/mol. The van der Waals surface area contributed by atoms with Gasteiger partial charge in [0.2, 0.25) is 5.91 Å². The molecule has 0 aromatic heterocycles. The van der Waals surface area contributed by atoms with E-state index in [1.807, 2.05) is 23.1 Å². The molecule has 1 fully saturated rings. The van der Waals surface area contributed by atoms with E-state index in [4.69, 9.17) is 4.74 Å². The van der Waals surface area contributed by atoms with Crippen LogP contribution in [-0.4, -0.2) is 24.7 Å². The van der Waals surface area contributed by atoms with Gasteiger partial charge in [0.05, 0.1) is 12.2 Å². The molecule has 1 heterocycles. The van der Waals surface area contributed by atoms with Gasteiger partial charge >= 0.3 is 0 Å². The van der Waals surface area contributed by atoms with E-state index in [9.17, 15) is 4.79 Å². The fourth-order valence-corrected chi connectivity index (χ4v) is 5.46. The number of hydrogen-bond acceptors (Lipinski definition) is 2. The molecule has 37 heavy (non-hydrogen) atoms. The molecule has 2 rings (SSSR count). The molecular formula is C34H59NO2. The Kier molecular flexibility index (Phi) is 17.7. The van der Waals surface area contributed by atoms with E-state index < -0.39 is 0 Å². The monoisotopic (exact) mass is 513 g/mol. The number of unbranched alkanes of at least 4 members (excludes halogenated alkanes) is 13. The fraction of sp³-hybridized carbons (Fsp3) is 0.794. The summed E-state index contributed by atoms with van der Waals surface area (Å²) in [5.41, 5.74) is 1.06. The number of benzene rings is 1. The molecule has 0 radical (unpaired) electrons. The summed E-state index contributed by atoms with van der Waals surface area (Å²) in [6.45, 7) is 7.74. The molecule has 2 unspecified atom stereocenters. The Bertz CT molecular complexity index is 674. The van der Waals surface area contributed by atoms with Crippen LogP contribution in [-0.2, 0) is 9.53 Å². The first-order valence-corrected chi connectivity index (χ1v) is 16.1. The van der Waals surface area contributed by atoms with Gasteiger partial charge in [-0.25, -0.2) is 0 Å². The average molecular weight is 514 g/mol. The smallest absolute Gasteiger partial charge is 0.226 e. The second-order valence-corrected chi connectivity index (χ2v) is 11.9. The standard InChI is InChI=1S/C34H59NO2/c1-4-5-6-7-11-19-26-32-33(37-32)27-20-12-8-13-21-28-34(36)35(31-24-17-15-18-25-31)29-22-14-9-10-16-23-30(2)3/h15,17-18,24-25,30,32-33H,4-14,16,19-23,26-29H2,1-3H3. The number of carbonyl (C=O) groups excluding carboxylic acids is 1. The van der Waals surface area contributed by atoms with Crippen LogP contribution in [0.1, 0.15) is 149 Å². The summed E-state index contributed by atoms with van der Waals surface area (Å²) < 4.78 is 5.89. The van der Waals surface area contributed by atoms with Crippen molar-refractivity contribution in [1.29, 1.82) is 0 Å². The Morgan fingerprint density at radius 3 is 1.89 bits per heavy atom. The van der Waals surface area contributed by atoms with Crippen molar-refractivity contribution in [3.63, 3.8) is 0 Å². The van der Waals surface area contributed by atoms with Gasteiger partial charge in [0, 0.05) is 18.7 Å². The van der Waals surface area contributed by atoms with Crippen LogP contribution in [0.4, 0.5) is 5.69 Å². The van der Waals surface area contributed by atoms with Gasteiger partial charge in [-0.1, -0.05) is 135 Å². The molecule has 2 atom stereocenters. The summed E-state index contributed by atoms with van der Waals surface area (Å²) in [5, 5.41) is 0. The molecule has 3 heteroatoms. The van der Waals surface area contributed by atoms with Crippen molar-refractivity contribution in [3.8, 4) is 0 Å². The minimum Gasteiger partial charge on any atom is -0.370 e. The molecular weight excluding hydrogens is 454 g/mol. The summed E-state index contributed by atoms with van der Waals surface area (Å²) in [7, 11) is 0. The van der Waals surface area contributed by atoms with Crippen LogP contribution in [0.2, 0.25) is 0 Å². The summed E-state index contributed by atoms with van der Waals surface area (Å²) in [5.74, 6) is 1.11. The van der Waals surface area contributed by atoms with Gasteiger partial charge < -0.3 is 9.64 Å². The van der Waals surface area contributed by atoms with Gasteiger partial charge in [0.25, 0.3) is 0 Å².